The SMILES string of the molecule is O=C(O)CNC(=O)c1cc(F)ccc1O. The van der Waals surface area contributed by atoms with Crippen molar-refractivity contribution in [3.05, 3.63) is 29.6 Å². The fourth-order valence-electron chi connectivity index (χ4n) is 0.941. The van der Waals surface area contributed by atoms with Crippen LogP contribution in [-0.4, -0.2) is 28.6 Å². The van der Waals surface area contributed by atoms with Crippen molar-refractivity contribution in [2.45, 2.75) is 0 Å². The number of aliphatic carboxylic acids is 1. The van der Waals surface area contributed by atoms with Crippen LogP contribution >= 0.6 is 0 Å². The Labute approximate surface area is 84.2 Å². The van der Waals surface area contributed by atoms with Gasteiger partial charge in [0, 0.05) is 0 Å². The predicted molar refractivity (Wildman–Crippen MR) is 48.0 cm³/mol. The summed E-state index contributed by atoms with van der Waals surface area (Å²) in [6.07, 6.45) is 0. The molecule has 0 atom stereocenters. The Morgan fingerprint density at radius 1 is 1.40 bits per heavy atom. The van der Waals surface area contributed by atoms with Crippen LogP contribution in [0.2, 0.25) is 0 Å². The monoisotopic (exact) mass is 213 g/mol. The molecule has 0 fully saturated rings. The van der Waals surface area contributed by atoms with Gasteiger partial charge in [0.05, 0.1) is 5.56 Å². The third-order valence-corrected chi connectivity index (χ3v) is 1.60. The molecule has 1 aromatic carbocycles. The Morgan fingerprint density at radius 2 is 2.07 bits per heavy atom. The molecule has 0 radical (unpaired) electrons. The summed E-state index contributed by atoms with van der Waals surface area (Å²) >= 11 is 0. The Bertz CT molecular complexity index is 405. The molecule has 0 aliphatic rings. The number of carboxylic acids is 1. The normalized spacial score (nSPS) is 9.67. The lowest BCUT2D eigenvalue weighted by Gasteiger charge is -2.04. The zero-order valence-electron chi connectivity index (χ0n) is 7.53. The highest BCUT2D eigenvalue weighted by molar-refractivity contribution is 5.98. The second-order valence-corrected chi connectivity index (χ2v) is 2.74. The van der Waals surface area contributed by atoms with Gasteiger partial charge in [0.2, 0.25) is 0 Å². The van der Waals surface area contributed by atoms with Gasteiger partial charge >= 0.3 is 5.97 Å². The highest BCUT2D eigenvalue weighted by atomic mass is 19.1. The first kappa shape index (κ1) is 11.0. The number of benzene rings is 1. The zero-order chi connectivity index (χ0) is 11.4. The van der Waals surface area contributed by atoms with Crippen molar-refractivity contribution >= 4 is 11.9 Å². The van der Waals surface area contributed by atoms with Crippen LogP contribution in [0.15, 0.2) is 18.2 Å². The summed E-state index contributed by atoms with van der Waals surface area (Å²) in [6.45, 7) is -0.589. The lowest BCUT2D eigenvalue weighted by molar-refractivity contribution is -0.135. The number of halogens is 1. The number of hydrogen-bond donors (Lipinski definition) is 3. The maximum absolute atomic E-state index is 12.7. The standard InChI is InChI=1S/C9H8FNO4/c10-5-1-2-7(12)6(3-5)9(15)11-4-8(13)14/h1-3,12H,4H2,(H,11,15)(H,13,14). The van der Waals surface area contributed by atoms with Gasteiger partial charge in [-0.2, -0.15) is 0 Å². The van der Waals surface area contributed by atoms with Crippen molar-refractivity contribution in [3.63, 3.8) is 0 Å². The van der Waals surface area contributed by atoms with E-state index < -0.39 is 30.0 Å². The number of phenolic OH excluding ortho intramolecular Hbond substituents is 1. The Morgan fingerprint density at radius 3 is 2.67 bits per heavy atom. The Hall–Kier alpha value is -2.11. The average Bonchev–Trinajstić information content (AvgIpc) is 2.18. The molecule has 0 saturated carbocycles. The lowest BCUT2D eigenvalue weighted by atomic mass is 10.2. The van der Waals surface area contributed by atoms with E-state index in [4.69, 9.17) is 5.11 Å². The molecule has 0 aromatic heterocycles. The summed E-state index contributed by atoms with van der Waals surface area (Å²) in [4.78, 5) is 21.4. The molecule has 0 saturated heterocycles. The highest BCUT2D eigenvalue weighted by Crippen LogP contribution is 2.17. The largest absolute Gasteiger partial charge is 0.507 e. The average molecular weight is 213 g/mol. The van der Waals surface area contributed by atoms with Crippen LogP contribution in [0.4, 0.5) is 4.39 Å². The van der Waals surface area contributed by atoms with E-state index in [1.807, 2.05) is 5.32 Å². The quantitative estimate of drug-likeness (QED) is 0.676. The highest BCUT2D eigenvalue weighted by Gasteiger charge is 2.12. The van der Waals surface area contributed by atoms with E-state index in [-0.39, 0.29) is 5.56 Å². The molecular formula is C9H8FNO4. The molecule has 1 aromatic rings. The van der Waals surface area contributed by atoms with E-state index in [0.717, 1.165) is 18.2 Å². The van der Waals surface area contributed by atoms with E-state index in [2.05, 4.69) is 0 Å². The van der Waals surface area contributed by atoms with Crippen LogP contribution in [-0.2, 0) is 4.79 Å². The fourth-order valence-corrected chi connectivity index (χ4v) is 0.941. The van der Waals surface area contributed by atoms with E-state index >= 15 is 0 Å². The number of hydrogen-bond acceptors (Lipinski definition) is 3. The first-order valence-corrected chi connectivity index (χ1v) is 3.99. The van der Waals surface area contributed by atoms with Gasteiger partial charge in [-0.3, -0.25) is 9.59 Å². The number of phenols is 1. The number of rotatable bonds is 3. The minimum Gasteiger partial charge on any atom is -0.507 e. The van der Waals surface area contributed by atoms with Gasteiger partial charge in [-0.05, 0) is 18.2 Å². The Balaban J connectivity index is 2.81. The summed E-state index contributed by atoms with van der Waals surface area (Å²) in [6, 6.07) is 2.83. The van der Waals surface area contributed by atoms with Crippen molar-refractivity contribution in [2.75, 3.05) is 6.54 Å². The first-order valence-electron chi connectivity index (χ1n) is 3.99. The number of amides is 1. The molecule has 0 aliphatic heterocycles. The number of carbonyl (C=O) groups is 2. The fraction of sp³-hybridized carbons (Fsp3) is 0.111. The van der Waals surface area contributed by atoms with Crippen LogP contribution in [0.1, 0.15) is 10.4 Å². The van der Waals surface area contributed by atoms with Gasteiger partial charge in [0.1, 0.15) is 18.1 Å². The van der Waals surface area contributed by atoms with E-state index in [1.165, 1.54) is 0 Å². The van der Waals surface area contributed by atoms with Crippen molar-refractivity contribution in [2.24, 2.45) is 0 Å². The molecule has 5 nitrogen and oxygen atoms in total. The van der Waals surface area contributed by atoms with Crippen molar-refractivity contribution < 1.29 is 24.2 Å². The number of nitrogens with one attached hydrogen (secondary N) is 1. The molecule has 80 valence electrons. The van der Waals surface area contributed by atoms with Crippen molar-refractivity contribution in [1.82, 2.24) is 5.32 Å². The van der Waals surface area contributed by atoms with Gasteiger partial charge in [-0.15, -0.1) is 0 Å². The second-order valence-electron chi connectivity index (χ2n) is 2.74. The van der Waals surface area contributed by atoms with E-state index in [9.17, 15) is 19.1 Å². The van der Waals surface area contributed by atoms with Crippen LogP contribution in [0.5, 0.6) is 5.75 Å². The van der Waals surface area contributed by atoms with Crippen molar-refractivity contribution in [3.8, 4) is 5.75 Å². The maximum atomic E-state index is 12.7. The molecule has 1 rings (SSSR count). The summed E-state index contributed by atoms with van der Waals surface area (Å²) in [7, 11) is 0. The molecule has 0 unspecified atom stereocenters. The summed E-state index contributed by atoms with van der Waals surface area (Å²) in [5.41, 5.74) is -0.295. The minimum absolute atomic E-state index is 0.295. The first-order chi connectivity index (χ1) is 7.00. The molecule has 6 heteroatoms. The van der Waals surface area contributed by atoms with Gasteiger partial charge < -0.3 is 15.5 Å². The number of carboxylic acid groups (broad SMARTS) is 1. The van der Waals surface area contributed by atoms with Crippen LogP contribution in [0.25, 0.3) is 0 Å². The molecule has 1 amide bonds. The third-order valence-electron chi connectivity index (χ3n) is 1.60. The van der Waals surface area contributed by atoms with Crippen LogP contribution < -0.4 is 5.32 Å². The van der Waals surface area contributed by atoms with Crippen LogP contribution in [0.3, 0.4) is 0 Å². The molecule has 0 spiro atoms. The molecular weight excluding hydrogens is 205 g/mol. The van der Waals surface area contributed by atoms with Gasteiger partial charge in [-0.25, -0.2) is 4.39 Å². The third kappa shape index (κ3) is 2.94. The van der Waals surface area contributed by atoms with Gasteiger partial charge in [-0.1, -0.05) is 0 Å². The predicted octanol–water partition coefficient (Wildman–Crippen LogP) is 0.346. The summed E-state index contributed by atoms with van der Waals surface area (Å²) < 4.78 is 12.7. The lowest BCUT2D eigenvalue weighted by Crippen LogP contribution is -2.29. The number of aromatic hydroxyl groups is 1. The molecule has 15 heavy (non-hydrogen) atoms. The van der Waals surface area contributed by atoms with Crippen molar-refractivity contribution in [1.29, 1.82) is 0 Å². The van der Waals surface area contributed by atoms with Crippen LogP contribution in [0, 0.1) is 5.82 Å². The smallest absolute Gasteiger partial charge is 0.322 e. The molecule has 0 aliphatic carbocycles. The van der Waals surface area contributed by atoms with Gasteiger partial charge in [0.25, 0.3) is 5.91 Å². The zero-order valence-corrected chi connectivity index (χ0v) is 7.53. The van der Waals surface area contributed by atoms with E-state index in [0.29, 0.717) is 0 Å². The second kappa shape index (κ2) is 4.41. The minimum atomic E-state index is -1.22. The topological polar surface area (TPSA) is 86.6 Å². The Kier molecular flexibility index (Phi) is 3.22. The van der Waals surface area contributed by atoms with Gasteiger partial charge in [0.15, 0.2) is 0 Å². The van der Waals surface area contributed by atoms with E-state index in [1.54, 1.807) is 0 Å². The maximum Gasteiger partial charge on any atom is 0.322 e. The molecule has 3 N–H and O–H groups in total. The molecule has 0 bridgehead atoms. The summed E-state index contributed by atoms with van der Waals surface area (Å²) in [5, 5.41) is 19.5. The molecule has 0 heterocycles. The number of carbonyl (C=O) groups excluding carboxylic acids is 1. The summed E-state index contributed by atoms with van der Waals surface area (Å²) in [5.74, 6) is -3.15.